The minimum absolute atomic E-state index is 0.0908. The van der Waals surface area contributed by atoms with Gasteiger partial charge in [0.25, 0.3) is 0 Å². The van der Waals surface area contributed by atoms with Crippen molar-refractivity contribution in [3.05, 3.63) is 65.7 Å². The van der Waals surface area contributed by atoms with E-state index in [2.05, 4.69) is 0 Å². The van der Waals surface area contributed by atoms with Crippen molar-refractivity contribution in [1.29, 1.82) is 0 Å². The van der Waals surface area contributed by atoms with Gasteiger partial charge < -0.3 is 15.7 Å². The van der Waals surface area contributed by atoms with Crippen LogP contribution >= 0.6 is 0 Å². The minimum Gasteiger partial charge on any atom is -0.508 e. The fraction of sp³-hybridized carbons (Fsp3) is 0.235. The summed E-state index contributed by atoms with van der Waals surface area (Å²) in [6, 6.07) is 16.0. The Hall–Kier alpha value is -2.33. The number of phenols is 1. The third-order valence-electron chi connectivity index (χ3n) is 3.35. The second-order valence-corrected chi connectivity index (χ2v) is 5.16. The van der Waals surface area contributed by atoms with Crippen LogP contribution in [-0.4, -0.2) is 29.0 Å². The number of hydrogen-bond donors (Lipinski definition) is 2. The summed E-state index contributed by atoms with van der Waals surface area (Å²) in [4.78, 5) is 13.9. The molecule has 4 heteroatoms. The Balaban J connectivity index is 1.93. The number of likely N-dealkylation sites (N-methyl/N-ethyl adjacent to an activating group) is 1. The van der Waals surface area contributed by atoms with Crippen molar-refractivity contribution in [3.63, 3.8) is 0 Å². The Bertz CT molecular complexity index is 581. The number of phenolic OH excluding ortho intramolecular Hbond substituents is 1. The van der Waals surface area contributed by atoms with Crippen LogP contribution in [0.3, 0.4) is 0 Å². The molecule has 3 N–H and O–H groups in total. The molecule has 0 heterocycles. The van der Waals surface area contributed by atoms with Crippen molar-refractivity contribution >= 4 is 5.91 Å². The van der Waals surface area contributed by atoms with E-state index in [1.807, 2.05) is 30.3 Å². The maximum absolute atomic E-state index is 12.3. The zero-order chi connectivity index (χ0) is 15.2. The minimum atomic E-state index is -0.580. The third kappa shape index (κ3) is 4.33. The standard InChI is InChI=1S/C17H20N2O2/c1-19(12-14-5-3-2-4-6-14)17(21)16(18)11-13-7-9-15(20)10-8-13/h2-10,16,20H,11-12,18H2,1H3. The Morgan fingerprint density at radius 3 is 2.33 bits per heavy atom. The predicted octanol–water partition coefficient (Wildman–Crippen LogP) is 1.92. The number of nitrogens with two attached hydrogens (primary N) is 1. The molecule has 1 amide bonds. The van der Waals surface area contributed by atoms with Crippen LogP contribution in [-0.2, 0) is 17.8 Å². The molecular formula is C17H20N2O2. The number of hydrogen-bond acceptors (Lipinski definition) is 3. The summed E-state index contributed by atoms with van der Waals surface area (Å²) in [6.45, 7) is 0.545. The van der Waals surface area contributed by atoms with Gasteiger partial charge >= 0.3 is 0 Å². The molecule has 0 spiro atoms. The first-order chi connectivity index (χ1) is 10.1. The molecule has 1 atom stereocenters. The Morgan fingerprint density at radius 1 is 1.10 bits per heavy atom. The molecule has 0 saturated carbocycles. The molecule has 2 rings (SSSR count). The van der Waals surface area contributed by atoms with Crippen LogP contribution in [0.4, 0.5) is 0 Å². The van der Waals surface area contributed by atoms with Crippen molar-refractivity contribution in [2.24, 2.45) is 5.73 Å². The Labute approximate surface area is 124 Å². The molecule has 4 nitrogen and oxygen atoms in total. The fourth-order valence-electron chi connectivity index (χ4n) is 2.19. The number of rotatable bonds is 5. The zero-order valence-electron chi connectivity index (χ0n) is 12.1. The number of carbonyl (C=O) groups excluding carboxylic acids is 1. The summed E-state index contributed by atoms with van der Waals surface area (Å²) in [5.41, 5.74) is 7.99. The molecule has 0 radical (unpaired) electrons. The molecule has 21 heavy (non-hydrogen) atoms. The van der Waals surface area contributed by atoms with Gasteiger partial charge in [0.05, 0.1) is 6.04 Å². The van der Waals surface area contributed by atoms with Gasteiger partial charge in [-0.1, -0.05) is 42.5 Å². The average Bonchev–Trinajstić information content (AvgIpc) is 2.49. The highest BCUT2D eigenvalue weighted by Crippen LogP contribution is 2.12. The SMILES string of the molecule is CN(Cc1ccccc1)C(=O)C(N)Cc1ccc(O)cc1. The lowest BCUT2D eigenvalue weighted by atomic mass is 10.1. The van der Waals surface area contributed by atoms with E-state index in [0.717, 1.165) is 11.1 Å². The third-order valence-corrected chi connectivity index (χ3v) is 3.35. The second kappa shape index (κ2) is 6.90. The maximum atomic E-state index is 12.3. The van der Waals surface area contributed by atoms with Crippen LogP contribution in [0.15, 0.2) is 54.6 Å². The van der Waals surface area contributed by atoms with Crippen molar-refractivity contribution in [2.45, 2.75) is 19.0 Å². The predicted molar refractivity (Wildman–Crippen MR) is 82.7 cm³/mol. The molecular weight excluding hydrogens is 264 g/mol. The molecule has 0 aliphatic heterocycles. The van der Waals surface area contributed by atoms with E-state index in [0.29, 0.717) is 13.0 Å². The number of carbonyl (C=O) groups is 1. The Morgan fingerprint density at radius 2 is 1.71 bits per heavy atom. The summed E-state index contributed by atoms with van der Waals surface area (Å²) in [7, 11) is 1.76. The smallest absolute Gasteiger partial charge is 0.239 e. The van der Waals surface area contributed by atoms with Crippen LogP contribution in [0.2, 0.25) is 0 Å². The topological polar surface area (TPSA) is 66.6 Å². The highest BCUT2D eigenvalue weighted by atomic mass is 16.3. The van der Waals surface area contributed by atoms with E-state index in [9.17, 15) is 9.90 Å². The van der Waals surface area contributed by atoms with Gasteiger partial charge in [-0.05, 0) is 29.7 Å². The summed E-state index contributed by atoms with van der Waals surface area (Å²) in [6.07, 6.45) is 0.457. The molecule has 1 unspecified atom stereocenters. The van der Waals surface area contributed by atoms with Gasteiger partial charge in [-0.15, -0.1) is 0 Å². The molecule has 2 aromatic rings. The van der Waals surface area contributed by atoms with Gasteiger partial charge in [0.2, 0.25) is 5.91 Å². The van der Waals surface area contributed by atoms with Crippen LogP contribution in [0.5, 0.6) is 5.75 Å². The van der Waals surface area contributed by atoms with E-state index in [1.54, 1.807) is 36.2 Å². The number of nitrogens with zero attached hydrogens (tertiary/aromatic N) is 1. The average molecular weight is 284 g/mol. The quantitative estimate of drug-likeness (QED) is 0.881. The maximum Gasteiger partial charge on any atom is 0.239 e. The summed E-state index contributed by atoms with van der Waals surface area (Å²) < 4.78 is 0. The summed E-state index contributed by atoms with van der Waals surface area (Å²) in [5, 5.41) is 9.25. The number of amides is 1. The highest BCUT2D eigenvalue weighted by molar-refractivity contribution is 5.81. The van der Waals surface area contributed by atoms with Gasteiger partial charge in [-0.2, -0.15) is 0 Å². The molecule has 2 aromatic carbocycles. The molecule has 0 fully saturated rings. The van der Waals surface area contributed by atoms with Gasteiger partial charge in [0, 0.05) is 13.6 Å². The fourth-order valence-corrected chi connectivity index (χ4v) is 2.19. The van der Waals surface area contributed by atoms with Crippen molar-refractivity contribution in [3.8, 4) is 5.75 Å². The van der Waals surface area contributed by atoms with Crippen LogP contribution in [0, 0.1) is 0 Å². The van der Waals surface area contributed by atoms with E-state index in [-0.39, 0.29) is 11.7 Å². The monoisotopic (exact) mass is 284 g/mol. The van der Waals surface area contributed by atoms with E-state index < -0.39 is 6.04 Å². The van der Waals surface area contributed by atoms with Gasteiger partial charge in [-0.3, -0.25) is 4.79 Å². The van der Waals surface area contributed by atoms with E-state index >= 15 is 0 Å². The summed E-state index contributed by atoms with van der Waals surface area (Å²) >= 11 is 0. The first-order valence-electron chi connectivity index (χ1n) is 6.88. The lowest BCUT2D eigenvalue weighted by Crippen LogP contribution is -2.42. The number of aromatic hydroxyl groups is 1. The molecule has 0 saturated heterocycles. The van der Waals surface area contributed by atoms with Crippen molar-refractivity contribution < 1.29 is 9.90 Å². The molecule has 0 aliphatic rings. The lowest BCUT2D eigenvalue weighted by molar-refractivity contribution is -0.131. The Kier molecular flexibility index (Phi) is 4.95. The van der Waals surface area contributed by atoms with Crippen LogP contribution in [0.25, 0.3) is 0 Å². The van der Waals surface area contributed by atoms with Crippen molar-refractivity contribution in [1.82, 2.24) is 4.90 Å². The largest absolute Gasteiger partial charge is 0.508 e. The van der Waals surface area contributed by atoms with E-state index in [1.165, 1.54) is 0 Å². The molecule has 0 bridgehead atoms. The first kappa shape index (κ1) is 15.1. The zero-order valence-corrected chi connectivity index (χ0v) is 12.1. The molecule has 0 aromatic heterocycles. The molecule has 110 valence electrons. The van der Waals surface area contributed by atoms with Crippen molar-refractivity contribution in [2.75, 3.05) is 7.05 Å². The molecule has 0 aliphatic carbocycles. The summed E-state index contributed by atoms with van der Waals surface area (Å²) in [5.74, 6) is 0.117. The highest BCUT2D eigenvalue weighted by Gasteiger charge is 2.18. The van der Waals surface area contributed by atoms with Crippen LogP contribution < -0.4 is 5.73 Å². The van der Waals surface area contributed by atoms with Crippen LogP contribution in [0.1, 0.15) is 11.1 Å². The number of benzene rings is 2. The normalized spacial score (nSPS) is 11.9. The van der Waals surface area contributed by atoms with Gasteiger partial charge in [0.15, 0.2) is 0 Å². The second-order valence-electron chi connectivity index (χ2n) is 5.16. The van der Waals surface area contributed by atoms with Gasteiger partial charge in [-0.25, -0.2) is 0 Å². The lowest BCUT2D eigenvalue weighted by Gasteiger charge is -2.21. The van der Waals surface area contributed by atoms with E-state index in [4.69, 9.17) is 5.73 Å². The first-order valence-corrected chi connectivity index (χ1v) is 6.88. The van der Waals surface area contributed by atoms with Gasteiger partial charge in [0.1, 0.15) is 5.75 Å².